The fourth-order valence-electron chi connectivity index (χ4n) is 3.82. The SMILES string of the molecule is CC(C)NCc1cccc(C2CCN(C(=O)/C=C/c3ccc(O)c(CO)c3)CC2)c1. The van der Waals surface area contributed by atoms with Crippen LogP contribution in [0.1, 0.15) is 54.9 Å². The first kappa shape index (κ1) is 22.1. The molecule has 0 radical (unpaired) electrons. The quantitative estimate of drug-likeness (QED) is 0.610. The number of likely N-dealkylation sites (tertiary alicyclic amines) is 1. The van der Waals surface area contributed by atoms with Gasteiger partial charge in [-0.2, -0.15) is 0 Å². The molecule has 0 bridgehead atoms. The third kappa shape index (κ3) is 5.94. The van der Waals surface area contributed by atoms with E-state index < -0.39 is 0 Å². The van der Waals surface area contributed by atoms with Crippen LogP contribution in [-0.4, -0.2) is 40.2 Å². The van der Waals surface area contributed by atoms with Gasteiger partial charge in [-0.25, -0.2) is 0 Å². The number of nitrogens with one attached hydrogen (secondary N) is 1. The van der Waals surface area contributed by atoms with E-state index >= 15 is 0 Å². The zero-order valence-corrected chi connectivity index (χ0v) is 17.8. The summed E-state index contributed by atoms with van der Waals surface area (Å²) in [5, 5.41) is 22.4. The molecule has 1 fully saturated rings. The normalized spacial score (nSPS) is 15.3. The maximum atomic E-state index is 12.6. The monoisotopic (exact) mass is 408 g/mol. The lowest BCUT2D eigenvalue weighted by Crippen LogP contribution is -2.36. The Morgan fingerprint density at radius 3 is 2.67 bits per heavy atom. The lowest BCUT2D eigenvalue weighted by molar-refractivity contribution is -0.126. The van der Waals surface area contributed by atoms with Gasteiger partial charge >= 0.3 is 0 Å². The van der Waals surface area contributed by atoms with Gasteiger partial charge in [-0.3, -0.25) is 4.79 Å². The first-order chi connectivity index (χ1) is 14.5. The van der Waals surface area contributed by atoms with Gasteiger partial charge in [0, 0.05) is 37.3 Å². The number of amides is 1. The molecule has 3 N–H and O–H groups in total. The van der Waals surface area contributed by atoms with E-state index in [9.17, 15) is 15.0 Å². The van der Waals surface area contributed by atoms with Crippen molar-refractivity contribution in [3.05, 3.63) is 70.8 Å². The third-order valence-corrected chi connectivity index (χ3v) is 5.64. The molecule has 1 aliphatic rings. The number of aliphatic hydroxyl groups is 1. The van der Waals surface area contributed by atoms with Gasteiger partial charge in [0.05, 0.1) is 6.61 Å². The van der Waals surface area contributed by atoms with Crippen molar-refractivity contribution in [2.24, 2.45) is 0 Å². The molecule has 5 heteroatoms. The van der Waals surface area contributed by atoms with Crippen molar-refractivity contribution in [1.29, 1.82) is 0 Å². The molecule has 1 amide bonds. The van der Waals surface area contributed by atoms with Crippen LogP contribution in [-0.2, 0) is 17.9 Å². The first-order valence-electron chi connectivity index (χ1n) is 10.7. The van der Waals surface area contributed by atoms with E-state index in [0.29, 0.717) is 17.5 Å². The number of piperidine rings is 1. The second-order valence-corrected chi connectivity index (χ2v) is 8.26. The lowest BCUT2D eigenvalue weighted by atomic mass is 9.88. The van der Waals surface area contributed by atoms with E-state index in [1.165, 1.54) is 17.2 Å². The molecule has 0 aliphatic carbocycles. The largest absolute Gasteiger partial charge is 0.508 e. The number of phenols is 1. The molecule has 1 saturated heterocycles. The van der Waals surface area contributed by atoms with Gasteiger partial charge in [0.2, 0.25) is 5.91 Å². The van der Waals surface area contributed by atoms with E-state index in [1.807, 2.05) is 4.90 Å². The number of aromatic hydroxyl groups is 1. The third-order valence-electron chi connectivity index (χ3n) is 5.64. The number of aliphatic hydroxyl groups excluding tert-OH is 1. The molecule has 0 spiro atoms. The summed E-state index contributed by atoms with van der Waals surface area (Å²) in [4.78, 5) is 14.5. The predicted octanol–water partition coefficient (Wildman–Crippen LogP) is 3.80. The van der Waals surface area contributed by atoms with E-state index in [-0.39, 0.29) is 18.3 Å². The van der Waals surface area contributed by atoms with E-state index in [4.69, 9.17) is 0 Å². The van der Waals surface area contributed by atoms with Crippen molar-refractivity contribution < 1.29 is 15.0 Å². The minimum Gasteiger partial charge on any atom is -0.508 e. The Balaban J connectivity index is 1.55. The Labute approximate surface area is 179 Å². The van der Waals surface area contributed by atoms with Crippen molar-refractivity contribution in [2.75, 3.05) is 13.1 Å². The number of carbonyl (C=O) groups is 1. The van der Waals surface area contributed by atoms with Crippen LogP contribution < -0.4 is 5.32 Å². The van der Waals surface area contributed by atoms with Crippen LogP contribution in [0.25, 0.3) is 6.08 Å². The first-order valence-corrected chi connectivity index (χ1v) is 10.7. The molecule has 0 atom stereocenters. The Hall–Kier alpha value is -2.63. The maximum absolute atomic E-state index is 12.6. The second-order valence-electron chi connectivity index (χ2n) is 8.26. The zero-order chi connectivity index (χ0) is 21.5. The summed E-state index contributed by atoms with van der Waals surface area (Å²) in [5.41, 5.74) is 3.91. The number of hydrogen-bond acceptors (Lipinski definition) is 4. The number of carbonyl (C=O) groups excluding carboxylic acids is 1. The van der Waals surface area contributed by atoms with Gasteiger partial charge in [-0.1, -0.05) is 44.2 Å². The van der Waals surface area contributed by atoms with E-state index in [1.54, 1.807) is 24.3 Å². The maximum Gasteiger partial charge on any atom is 0.246 e. The summed E-state index contributed by atoms with van der Waals surface area (Å²) in [5.74, 6) is 0.551. The van der Waals surface area contributed by atoms with Crippen LogP contribution in [0.4, 0.5) is 0 Å². The van der Waals surface area contributed by atoms with Crippen molar-refractivity contribution in [2.45, 2.75) is 51.8 Å². The second kappa shape index (κ2) is 10.4. The molecule has 5 nitrogen and oxygen atoms in total. The molecule has 1 heterocycles. The van der Waals surface area contributed by atoms with Crippen LogP contribution in [0.5, 0.6) is 5.75 Å². The van der Waals surface area contributed by atoms with Gasteiger partial charge in [0.15, 0.2) is 0 Å². The average Bonchev–Trinajstić information content (AvgIpc) is 2.77. The van der Waals surface area contributed by atoms with Crippen LogP contribution in [0, 0.1) is 0 Å². The standard InChI is InChI=1S/C25H32N2O3/c1-18(2)26-16-20-4-3-5-22(15-20)21-10-12-27(13-11-21)25(30)9-7-19-6-8-24(29)23(14-19)17-28/h3-9,14-15,18,21,26,28-29H,10-13,16-17H2,1-2H3/b9-7+. The summed E-state index contributed by atoms with van der Waals surface area (Å²) >= 11 is 0. The molecular weight excluding hydrogens is 376 g/mol. The predicted molar refractivity (Wildman–Crippen MR) is 120 cm³/mol. The van der Waals surface area contributed by atoms with Crippen molar-refractivity contribution in [3.63, 3.8) is 0 Å². The minimum absolute atomic E-state index is 0.00181. The summed E-state index contributed by atoms with van der Waals surface area (Å²) < 4.78 is 0. The van der Waals surface area contributed by atoms with E-state index in [0.717, 1.165) is 38.0 Å². The highest BCUT2D eigenvalue weighted by molar-refractivity contribution is 5.91. The van der Waals surface area contributed by atoms with Crippen molar-refractivity contribution in [3.8, 4) is 5.75 Å². The molecule has 3 rings (SSSR count). The number of rotatable bonds is 7. The Morgan fingerprint density at radius 1 is 1.20 bits per heavy atom. The lowest BCUT2D eigenvalue weighted by Gasteiger charge is -2.31. The zero-order valence-electron chi connectivity index (χ0n) is 17.8. The van der Waals surface area contributed by atoms with Crippen LogP contribution in [0.2, 0.25) is 0 Å². The summed E-state index contributed by atoms with van der Waals surface area (Å²) in [6.07, 6.45) is 5.24. The fourth-order valence-corrected chi connectivity index (χ4v) is 3.82. The highest BCUT2D eigenvalue weighted by Crippen LogP contribution is 2.29. The van der Waals surface area contributed by atoms with Gasteiger partial charge in [-0.15, -0.1) is 0 Å². The van der Waals surface area contributed by atoms with Crippen molar-refractivity contribution in [1.82, 2.24) is 10.2 Å². The number of nitrogens with zero attached hydrogens (tertiary/aromatic N) is 1. The number of benzene rings is 2. The molecule has 0 saturated carbocycles. The Bertz CT molecular complexity index is 884. The van der Waals surface area contributed by atoms with Gasteiger partial charge in [-0.05, 0) is 53.7 Å². The molecule has 2 aromatic carbocycles. The molecular formula is C25H32N2O3. The molecule has 0 aromatic heterocycles. The molecule has 2 aromatic rings. The van der Waals surface area contributed by atoms with Gasteiger partial charge in [0.1, 0.15) is 5.75 Å². The van der Waals surface area contributed by atoms with Crippen LogP contribution >= 0.6 is 0 Å². The molecule has 0 unspecified atom stereocenters. The molecule has 1 aliphatic heterocycles. The van der Waals surface area contributed by atoms with Gasteiger partial charge < -0.3 is 20.4 Å². The molecule has 160 valence electrons. The van der Waals surface area contributed by atoms with Crippen molar-refractivity contribution >= 4 is 12.0 Å². The number of hydrogen-bond donors (Lipinski definition) is 3. The smallest absolute Gasteiger partial charge is 0.246 e. The summed E-state index contributed by atoms with van der Waals surface area (Å²) in [7, 11) is 0. The highest BCUT2D eigenvalue weighted by Gasteiger charge is 2.22. The van der Waals surface area contributed by atoms with Crippen LogP contribution in [0.15, 0.2) is 48.5 Å². The molecule has 30 heavy (non-hydrogen) atoms. The summed E-state index contributed by atoms with van der Waals surface area (Å²) in [6, 6.07) is 14.2. The Morgan fingerprint density at radius 2 is 1.97 bits per heavy atom. The van der Waals surface area contributed by atoms with E-state index in [2.05, 4.69) is 43.4 Å². The van der Waals surface area contributed by atoms with Crippen LogP contribution in [0.3, 0.4) is 0 Å². The van der Waals surface area contributed by atoms with Gasteiger partial charge in [0.25, 0.3) is 0 Å². The summed E-state index contributed by atoms with van der Waals surface area (Å²) in [6.45, 7) is 6.45. The fraction of sp³-hybridized carbons (Fsp3) is 0.400. The minimum atomic E-state index is -0.232. The topological polar surface area (TPSA) is 72.8 Å². The highest BCUT2D eigenvalue weighted by atomic mass is 16.3. The Kier molecular flexibility index (Phi) is 7.66. The average molecular weight is 409 g/mol.